The molecule has 132 valence electrons. The summed E-state index contributed by atoms with van der Waals surface area (Å²) < 4.78 is 13.7. The number of aromatic nitrogens is 2. The van der Waals surface area contributed by atoms with Gasteiger partial charge in [0, 0.05) is 30.1 Å². The third-order valence-electron chi connectivity index (χ3n) is 4.82. The molecule has 0 spiro atoms. The number of rotatable bonds is 3. The van der Waals surface area contributed by atoms with Gasteiger partial charge in [0.2, 0.25) is 0 Å². The van der Waals surface area contributed by atoms with Crippen LogP contribution in [0.5, 0.6) is 5.75 Å². The van der Waals surface area contributed by atoms with Crippen LogP contribution in [0, 0.1) is 13.8 Å². The van der Waals surface area contributed by atoms with Crippen LogP contribution < -0.4 is 4.74 Å². The zero-order valence-corrected chi connectivity index (χ0v) is 14.7. The van der Waals surface area contributed by atoms with Gasteiger partial charge in [0.15, 0.2) is 11.4 Å². The number of carbonyl (C=O) groups is 1. The van der Waals surface area contributed by atoms with Crippen LogP contribution in [0.4, 0.5) is 0 Å². The summed E-state index contributed by atoms with van der Waals surface area (Å²) in [5.41, 5.74) is 3.70. The zero-order valence-electron chi connectivity index (χ0n) is 14.7. The van der Waals surface area contributed by atoms with Crippen molar-refractivity contribution in [3.05, 3.63) is 70.7 Å². The molecule has 2 aromatic heterocycles. The van der Waals surface area contributed by atoms with E-state index >= 15 is 0 Å². The molecule has 1 unspecified atom stereocenters. The van der Waals surface area contributed by atoms with Crippen molar-refractivity contribution >= 4 is 17.7 Å². The van der Waals surface area contributed by atoms with Crippen LogP contribution in [0.3, 0.4) is 0 Å². The lowest BCUT2D eigenvalue weighted by molar-refractivity contribution is -0.132. The Morgan fingerprint density at radius 1 is 1.27 bits per heavy atom. The van der Waals surface area contributed by atoms with Crippen LogP contribution in [-0.4, -0.2) is 27.6 Å². The van der Waals surface area contributed by atoms with Gasteiger partial charge in [-0.15, -0.1) is 0 Å². The summed E-state index contributed by atoms with van der Waals surface area (Å²) in [6.07, 6.45) is 5.05. The summed E-state index contributed by atoms with van der Waals surface area (Å²) in [5, 5.41) is 9.65. The fourth-order valence-corrected chi connectivity index (χ4v) is 3.25. The predicted octanol–water partition coefficient (Wildman–Crippen LogP) is 3.55. The topological polar surface area (TPSA) is 73.1 Å². The molecule has 1 aliphatic heterocycles. The lowest BCUT2D eigenvalue weighted by atomic mass is 9.99. The Morgan fingerprint density at radius 3 is 2.65 bits per heavy atom. The molecule has 0 amide bonds. The standard InChI is InChI=1S/C20H18N2O4/c1-12-13(2)22-11-16(19(23)24)15-9-10-20(25-3,14-7-5-4-6-8-14)26-17(15)18(22)21-12/h4-11H,1-3H3,(H,23,24). The molecule has 6 nitrogen and oxygen atoms in total. The van der Waals surface area contributed by atoms with E-state index in [0.717, 1.165) is 17.0 Å². The first-order valence-corrected chi connectivity index (χ1v) is 8.21. The number of carboxylic acid groups (broad SMARTS) is 1. The van der Waals surface area contributed by atoms with Gasteiger partial charge in [-0.1, -0.05) is 30.3 Å². The number of carboxylic acids is 1. The Hall–Kier alpha value is -3.12. The largest absolute Gasteiger partial charge is 0.478 e. The maximum absolute atomic E-state index is 11.8. The van der Waals surface area contributed by atoms with Gasteiger partial charge in [0.25, 0.3) is 5.79 Å². The van der Waals surface area contributed by atoms with Crippen LogP contribution in [0.15, 0.2) is 42.6 Å². The van der Waals surface area contributed by atoms with Crippen LogP contribution >= 0.6 is 0 Å². The molecule has 4 rings (SSSR count). The number of fused-ring (bicyclic) bond motifs is 3. The highest BCUT2D eigenvalue weighted by Crippen LogP contribution is 2.41. The quantitative estimate of drug-likeness (QED) is 0.782. The zero-order chi connectivity index (χ0) is 18.5. The number of aryl methyl sites for hydroxylation is 2. The lowest BCUT2D eigenvalue weighted by Gasteiger charge is -2.34. The Balaban J connectivity index is 2.01. The minimum absolute atomic E-state index is 0.155. The van der Waals surface area contributed by atoms with Crippen molar-refractivity contribution in [1.29, 1.82) is 0 Å². The summed E-state index contributed by atoms with van der Waals surface area (Å²) in [6.45, 7) is 3.78. The van der Waals surface area contributed by atoms with Gasteiger partial charge >= 0.3 is 5.97 Å². The molecule has 6 heteroatoms. The summed E-state index contributed by atoms with van der Waals surface area (Å²) in [4.78, 5) is 16.4. The molecular weight excluding hydrogens is 332 g/mol. The molecule has 0 radical (unpaired) electrons. The monoisotopic (exact) mass is 350 g/mol. The minimum Gasteiger partial charge on any atom is -0.478 e. The van der Waals surface area contributed by atoms with Crippen LogP contribution in [-0.2, 0) is 10.5 Å². The molecule has 1 aromatic carbocycles. The predicted molar refractivity (Wildman–Crippen MR) is 96.4 cm³/mol. The summed E-state index contributed by atoms with van der Waals surface area (Å²) in [7, 11) is 1.56. The SMILES string of the molecule is COC1(c2ccccc2)C=Cc2c(C(=O)O)cn3c(C)c(C)nc3c2O1. The number of nitrogens with zero attached hydrogens (tertiary/aromatic N) is 2. The van der Waals surface area contributed by atoms with E-state index in [-0.39, 0.29) is 5.56 Å². The maximum atomic E-state index is 11.8. The highest BCUT2D eigenvalue weighted by molar-refractivity contribution is 5.95. The van der Waals surface area contributed by atoms with Gasteiger partial charge in [0.1, 0.15) is 0 Å². The van der Waals surface area contributed by atoms with E-state index < -0.39 is 11.8 Å². The van der Waals surface area contributed by atoms with E-state index in [4.69, 9.17) is 9.47 Å². The second-order valence-electron chi connectivity index (χ2n) is 6.24. The average molecular weight is 350 g/mol. The molecule has 0 saturated carbocycles. The summed E-state index contributed by atoms with van der Waals surface area (Å²) in [5.74, 6) is -1.76. The lowest BCUT2D eigenvalue weighted by Crippen LogP contribution is -2.35. The third-order valence-corrected chi connectivity index (χ3v) is 4.82. The van der Waals surface area contributed by atoms with Crippen molar-refractivity contribution in [1.82, 2.24) is 9.38 Å². The second kappa shape index (κ2) is 5.71. The van der Waals surface area contributed by atoms with Crippen molar-refractivity contribution in [2.24, 2.45) is 0 Å². The molecular formula is C20H18N2O4. The molecule has 0 saturated heterocycles. The smallest absolute Gasteiger partial charge is 0.337 e. The maximum Gasteiger partial charge on any atom is 0.337 e. The van der Waals surface area contributed by atoms with Crippen LogP contribution in [0.2, 0.25) is 0 Å². The first-order chi connectivity index (χ1) is 12.5. The Kier molecular flexibility index (Phi) is 3.59. The molecule has 0 aliphatic carbocycles. The molecule has 0 fully saturated rings. The highest BCUT2D eigenvalue weighted by atomic mass is 16.7. The minimum atomic E-state index is -1.14. The van der Waals surface area contributed by atoms with Gasteiger partial charge in [-0.05, 0) is 26.0 Å². The first-order valence-electron chi connectivity index (χ1n) is 8.21. The van der Waals surface area contributed by atoms with Crippen molar-refractivity contribution in [2.75, 3.05) is 7.11 Å². The van der Waals surface area contributed by atoms with Crippen molar-refractivity contribution < 1.29 is 19.4 Å². The number of hydrogen-bond acceptors (Lipinski definition) is 4. The number of aromatic carboxylic acids is 1. The number of benzene rings is 1. The molecule has 3 heterocycles. The molecule has 1 aliphatic rings. The summed E-state index contributed by atoms with van der Waals surface area (Å²) in [6, 6.07) is 9.51. The van der Waals surface area contributed by atoms with Gasteiger partial charge in [-0.3, -0.25) is 0 Å². The van der Waals surface area contributed by atoms with E-state index in [1.54, 1.807) is 29.9 Å². The first kappa shape index (κ1) is 16.4. The number of pyridine rings is 1. The Morgan fingerprint density at radius 2 is 2.00 bits per heavy atom. The van der Waals surface area contributed by atoms with Crippen LogP contribution in [0.1, 0.15) is 32.9 Å². The van der Waals surface area contributed by atoms with Crippen molar-refractivity contribution in [3.63, 3.8) is 0 Å². The highest BCUT2D eigenvalue weighted by Gasteiger charge is 2.38. The Bertz CT molecular complexity index is 1050. The average Bonchev–Trinajstić information content (AvgIpc) is 2.96. The fraction of sp³-hybridized carbons (Fsp3) is 0.200. The fourth-order valence-electron chi connectivity index (χ4n) is 3.25. The molecule has 26 heavy (non-hydrogen) atoms. The number of methoxy groups -OCH3 is 1. The molecule has 0 bridgehead atoms. The van der Waals surface area contributed by atoms with Crippen molar-refractivity contribution in [2.45, 2.75) is 19.6 Å². The van der Waals surface area contributed by atoms with E-state index in [2.05, 4.69) is 4.98 Å². The normalized spacial score (nSPS) is 18.6. The van der Waals surface area contributed by atoms with Gasteiger partial charge in [-0.2, -0.15) is 0 Å². The Labute approximate surface area is 150 Å². The summed E-state index contributed by atoms with van der Waals surface area (Å²) >= 11 is 0. The van der Waals surface area contributed by atoms with Gasteiger partial charge < -0.3 is 19.0 Å². The third kappa shape index (κ3) is 2.23. The van der Waals surface area contributed by atoms with Gasteiger partial charge in [-0.25, -0.2) is 9.78 Å². The number of imidazole rings is 1. The van der Waals surface area contributed by atoms with Crippen molar-refractivity contribution in [3.8, 4) is 5.75 Å². The molecule has 1 atom stereocenters. The number of ether oxygens (including phenoxy) is 2. The van der Waals surface area contributed by atoms with E-state index in [1.165, 1.54) is 0 Å². The second-order valence-corrected chi connectivity index (χ2v) is 6.24. The molecule has 3 aromatic rings. The number of hydrogen-bond donors (Lipinski definition) is 1. The van der Waals surface area contributed by atoms with Crippen LogP contribution in [0.25, 0.3) is 11.7 Å². The van der Waals surface area contributed by atoms with E-state index in [9.17, 15) is 9.90 Å². The van der Waals surface area contributed by atoms with E-state index in [0.29, 0.717) is 17.0 Å². The van der Waals surface area contributed by atoms with E-state index in [1.807, 2.05) is 44.2 Å². The van der Waals surface area contributed by atoms with Gasteiger partial charge in [0.05, 0.1) is 11.3 Å². The molecule has 1 N–H and O–H groups in total.